The number of benzene rings is 1. The predicted molar refractivity (Wildman–Crippen MR) is 90.7 cm³/mol. The second kappa shape index (κ2) is 6.68. The molecule has 8 heteroatoms. The normalized spacial score (nSPS) is 15.7. The molecule has 1 fully saturated rings. The zero-order valence-corrected chi connectivity index (χ0v) is 14.0. The van der Waals surface area contributed by atoms with Gasteiger partial charge in [0.15, 0.2) is 0 Å². The van der Waals surface area contributed by atoms with Crippen molar-refractivity contribution in [2.24, 2.45) is 0 Å². The molecule has 1 aliphatic rings. The number of nitrogens with zero attached hydrogens (tertiary/aromatic N) is 2. The van der Waals surface area contributed by atoms with Gasteiger partial charge < -0.3 is 14.6 Å². The molecule has 128 valence electrons. The Kier molecular flexibility index (Phi) is 4.62. The highest BCUT2D eigenvalue weighted by molar-refractivity contribution is 6.34. The van der Waals surface area contributed by atoms with Gasteiger partial charge >= 0.3 is 11.8 Å². The van der Waals surface area contributed by atoms with Crippen LogP contribution in [0.4, 0.5) is 4.79 Å². The first-order valence-corrected chi connectivity index (χ1v) is 8.25. The molecule has 1 aliphatic heterocycles. The molecule has 0 unspecified atom stereocenters. The summed E-state index contributed by atoms with van der Waals surface area (Å²) in [5, 5.41) is 0.723. The van der Waals surface area contributed by atoms with Crippen LogP contribution in [0.5, 0.6) is 0 Å². The van der Waals surface area contributed by atoms with E-state index >= 15 is 0 Å². The number of para-hydroxylation sites is 1. The largest absolute Gasteiger partial charge is 0.450 e. The van der Waals surface area contributed by atoms with Gasteiger partial charge in [-0.15, -0.1) is 0 Å². The number of H-pyrrole nitrogens is 1. The first-order valence-electron chi connectivity index (χ1n) is 7.87. The number of amides is 1. The van der Waals surface area contributed by atoms with Crippen LogP contribution in [-0.4, -0.2) is 40.2 Å². The van der Waals surface area contributed by atoms with Crippen LogP contribution in [0.1, 0.15) is 25.8 Å². The molecule has 1 aromatic heterocycles. The molecule has 0 saturated carbocycles. The zero-order chi connectivity index (χ0) is 17.3. The molecule has 0 atom stereocenters. The second-order valence-electron chi connectivity index (χ2n) is 5.68. The molecule has 1 aromatic carbocycles. The van der Waals surface area contributed by atoms with Crippen molar-refractivity contribution in [2.75, 3.05) is 19.7 Å². The van der Waals surface area contributed by atoms with Crippen LogP contribution < -0.4 is 11.2 Å². The third-order valence-corrected chi connectivity index (χ3v) is 4.58. The van der Waals surface area contributed by atoms with Crippen LogP contribution in [0.25, 0.3) is 10.9 Å². The van der Waals surface area contributed by atoms with Crippen LogP contribution in [-0.2, 0) is 4.74 Å². The van der Waals surface area contributed by atoms with Gasteiger partial charge in [-0.25, -0.2) is 9.59 Å². The number of hydrogen-bond donors (Lipinski definition) is 1. The Hall–Kier alpha value is -2.28. The number of carbonyl (C=O) groups is 1. The highest BCUT2D eigenvalue weighted by Crippen LogP contribution is 2.22. The summed E-state index contributed by atoms with van der Waals surface area (Å²) in [6.45, 7) is 2.97. The summed E-state index contributed by atoms with van der Waals surface area (Å²) in [5.41, 5.74) is -0.476. The van der Waals surface area contributed by atoms with Gasteiger partial charge in [-0.3, -0.25) is 9.36 Å². The number of carbonyl (C=O) groups excluding carboxylic acids is 1. The number of hydrogen-bond acceptors (Lipinski definition) is 4. The first kappa shape index (κ1) is 16.6. The van der Waals surface area contributed by atoms with E-state index in [4.69, 9.17) is 16.3 Å². The van der Waals surface area contributed by atoms with Crippen molar-refractivity contribution in [1.82, 2.24) is 14.5 Å². The Morgan fingerprint density at radius 1 is 1.33 bits per heavy atom. The Balaban J connectivity index is 1.90. The molecule has 1 amide bonds. The molecule has 1 N–H and O–H groups in total. The predicted octanol–water partition coefficient (Wildman–Crippen LogP) is 2.14. The molecule has 24 heavy (non-hydrogen) atoms. The molecule has 0 radical (unpaired) electrons. The van der Waals surface area contributed by atoms with E-state index in [9.17, 15) is 14.4 Å². The van der Waals surface area contributed by atoms with Gasteiger partial charge in [0.05, 0.1) is 22.5 Å². The lowest BCUT2D eigenvalue weighted by atomic mass is 10.0. The van der Waals surface area contributed by atoms with Crippen LogP contribution in [0.15, 0.2) is 27.8 Å². The van der Waals surface area contributed by atoms with Crippen LogP contribution in [0.3, 0.4) is 0 Å². The molecule has 2 aromatic rings. The third-order valence-electron chi connectivity index (χ3n) is 4.27. The first-order chi connectivity index (χ1) is 11.5. The highest BCUT2D eigenvalue weighted by atomic mass is 35.5. The van der Waals surface area contributed by atoms with Crippen molar-refractivity contribution in [3.63, 3.8) is 0 Å². The molecular formula is C16H18ClN3O4. The molecule has 2 heterocycles. The second-order valence-corrected chi connectivity index (χ2v) is 6.09. The fourth-order valence-electron chi connectivity index (χ4n) is 3.07. The highest BCUT2D eigenvalue weighted by Gasteiger charge is 2.27. The fourth-order valence-corrected chi connectivity index (χ4v) is 3.29. The van der Waals surface area contributed by atoms with Crippen molar-refractivity contribution in [2.45, 2.75) is 25.8 Å². The van der Waals surface area contributed by atoms with Crippen LogP contribution in [0.2, 0.25) is 5.02 Å². The number of aromatic amines is 1. The van der Waals surface area contributed by atoms with E-state index in [1.165, 1.54) is 4.57 Å². The van der Waals surface area contributed by atoms with Gasteiger partial charge in [0.1, 0.15) is 0 Å². The molecule has 3 rings (SSSR count). The maximum absolute atomic E-state index is 12.7. The van der Waals surface area contributed by atoms with E-state index < -0.39 is 5.69 Å². The fraction of sp³-hybridized carbons (Fsp3) is 0.438. The minimum atomic E-state index is -0.477. The van der Waals surface area contributed by atoms with Gasteiger partial charge in [0.2, 0.25) is 0 Å². The molecule has 1 saturated heterocycles. The smallest absolute Gasteiger partial charge is 0.409 e. The molecule has 0 spiro atoms. The lowest BCUT2D eigenvalue weighted by molar-refractivity contribution is 0.0920. The lowest BCUT2D eigenvalue weighted by Crippen LogP contribution is -2.45. The summed E-state index contributed by atoms with van der Waals surface area (Å²) in [5.74, 6) is 0. The third kappa shape index (κ3) is 2.91. The van der Waals surface area contributed by atoms with E-state index in [0.717, 1.165) is 0 Å². The Bertz CT molecular complexity index is 881. The van der Waals surface area contributed by atoms with Gasteiger partial charge in [0.25, 0.3) is 5.56 Å². The molecular weight excluding hydrogens is 334 g/mol. The SMILES string of the molecule is CCOC(=O)N1CCC(n2c(=O)[nH]c3c(Cl)cccc3c2=O)CC1. The number of ether oxygens (including phenoxy) is 1. The van der Waals surface area contributed by atoms with Gasteiger partial charge in [0, 0.05) is 19.1 Å². The molecule has 0 bridgehead atoms. The van der Waals surface area contributed by atoms with Crippen molar-refractivity contribution < 1.29 is 9.53 Å². The Labute approximate surface area is 142 Å². The summed E-state index contributed by atoms with van der Waals surface area (Å²) in [6.07, 6.45) is 0.685. The van der Waals surface area contributed by atoms with Gasteiger partial charge in [-0.2, -0.15) is 0 Å². The number of fused-ring (bicyclic) bond motifs is 1. The van der Waals surface area contributed by atoms with E-state index in [1.807, 2.05) is 0 Å². The Morgan fingerprint density at radius 2 is 2.04 bits per heavy atom. The van der Waals surface area contributed by atoms with Crippen LogP contribution in [0, 0.1) is 0 Å². The lowest BCUT2D eigenvalue weighted by Gasteiger charge is -2.31. The van der Waals surface area contributed by atoms with Crippen molar-refractivity contribution >= 4 is 28.6 Å². The number of rotatable bonds is 2. The quantitative estimate of drug-likeness (QED) is 0.898. The number of likely N-dealkylation sites (tertiary alicyclic amines) is 1. The average molecular weight is 352 g/mol. The van der Waals surface area contributed by atoms with Gasteiger partial charge in [-0.1, -0.05) is 17.7 Å². The van der Waals surface area contributed by atoms with E-state index in [0.29, 0.717) is 48.5 Å². The maximum Gasteiger partial charge on any atom is 0.409 e. The maximum atomic E-state index is 12.7. The number of aromatic nitrogens is 2. The summed E-state index contributed by atoms with van der Waals surface area (Å²) in [6, 6.07) is 4.69. The average Bonchev–Trinajstić information content (AvgIpc) is 2.57. The summed E-state index contributed by atoms with van der Waals surface area (Å²) in [7, 11) is 0. The summed E-state index contributed by atoms with van der Waals surface area (Å²) >= 11 is 6.05. The number of piperidine rings is 1. The minimum Gasteiger partial charge on any atom is -0.450 e. The van der Waals surface area contributed by atoms with E-state index in [-0.39, 0.29) is 17.7 Å². The van der Waals surface area contributed by atoms with Crippen molar-refractivity contribution in [3.8, 4) is 0 Å². The summed E-state index contributed by atoms with van der Waals surface area (Å²) in [4.78, 5) is 41.1. The number of nitrogens with one attached hydrogen (secondary N) is 1. The summed E-state index contributed by atoms with van der Waals surface area (Å²) < 4.78 is 6.21. The van der Waals surface area contributed by atoms with Gasteiger partial charge in [-0.05, 0) is 31.9 Å². The topological polar surface area (TPSA) is 84.4 Å². The molecule has 7 nitrogen and oxygen atoms in total. The van der Waals surface area contributed by atoms with Crippen molar-refractivity contribution in [1.29, 1.82) is 0 Å². The monoisotopic (exact) mass is 351 g/mol. The standard InChI is InChI=1S/C16H18ClN3O4/c1-2-24-16(23)19-8-6-10(7-9-19)20-14(21)11-4-3-5-12(17)13(11)18-15(20)22/h3-5,10H,2,6-9H2,1H3,(H,18,22). The minimum absolute atomic E-state index is 0.254. The van der Waals surface area contributed by atoms with E-state index in [2.05, 4.69) is 4.98 Å². The van der Waals surface area contributed by atoms with Crippen LogP contribution >= 0.6 is 11.6 Å². The Morgan fingerprint density at radius 3 is 2.71 bits per heavy atom. The van der Waals surface area contributed by atoms with Crippen molar-refractivity contribution in [3.05, 3.63) is 44.1 Å². The van der Waals surface area contributed by atoms with E-state index in [1.54, 1.807) is 30.0 Å². The zero-order valence-electron chi connectivity index (χ0n) is 13.3. The molecule has 0 aliphatic carbocycles. The number of halogens is 1.